The van der Waals surface area contributed by atoms with Crippen molar-refractivity contribution in [2.24, 2.45) is 5.92 Å². The van der Waals surface area contributed by atoms with Crippen LogP contribution >= 0.6 is 15.9 Å². The van der Waals surface area contributed by atoms with Gasteiger partial charge >= 0.3 is 12.2 Å². The maximum atomic E-state index is 12.6. The molecule has 1 rings (SSSR count). The van der Waals surface area contributed by atoms with Gasteiger partial charge in [0.05, 0.1) is 0 Å². The molecule has 4 N–H and O–H groups in total. The molecular weight excluding hydrogens is 508 g/mol. The van der Waals surface area contributed by atoms with Crippen molar-refractivity contribution >= 4 is 45.6 Å². The summed E-state index contributed by atoms with van der Waals surface area (Å²) < 4.78 is 9.98. The first-order chi connectivity index (χ1) is 16.2. The second-order valence-electron chi connectivity index (χ2n) is 7.72. The Hall–Kier alpha value is -3.08. The molecule has 1 aromatic rings. The quantitative estimate of drug-likeness (QED) is 0.172. The van der Waals surface area contributed by atoms with Gasteiger partial charge in [0, 0.05) is 17.6 Å². The van der Waals surface area contributed by atoms with Crippen LogP contribution in [-0.4, -0.2) is 54.6 Å². The van der Waals surface area contributed by atoms with Crippen molar-refractivity contribution in [1.29, 1.82) is 0 Å². The number of halogens is 1. The average Bonchev–Trinajstić information content (AvgIpc) is 2.80. The van der Waals surface area contributed by atoms with E-state index in [-0.39, 0.29) is 19.1 Å². The highest BCUT2D eigenvalue weighted by Crippen LogP contribution is 2.11. The zero-order valence-corrected chi connectivity index (χ0v) is 21.3. The summed E-state index contributed by atoms with van der Waals surface area (Å²) in [6.45, 7) is 9.17. The smallest absolute Gasteiger partial charge is 0.408 e. The van der Waals surface area contributed by atoms with E-state index in [0.29, 0.717) is 12.2 Å². The number of carbonyl (C=O) groups is 4. The van der Waals surface area contributed by atoms with Crippen LogP contribution in [-0.2, 0) is 25.7 Å². The van der Waals surface area contributed by atoms with Crippen LogP contribution in [0, 0.1) is 5.92 Å². The molecule has 0 fully saturated rings. The third-order valence-corrected chi connectivity index (χ3v) is 5.04. The minimum Gasteiger partial charge on any atom is -0.445 e. The Bertz CT molecular complexity index is 831. The van der Waals surface area contributed by atoms with E-state index in [9.17, 15) is 19.2 Å². The van der Waals surface area contributed by atoms with Gasteiger partial charge in [0.1, 0.15) is 25.3 Å². The number of hydrogen-bond donors (Lipinski definition) is 4. The van der Waals surface area contributed by atoms with E-state index in [1.54, 1.807) is 38.1 Å². The number of nitrogens with one attached hydrogen (secondary N) is 4. The average molecular weight is 541 g/mol. The Kier molecular flexibility index (Phi) is 13.4. The lowest BCUT2D eigenvalue weighted by atomic mass is 10.0. The normalized spacial score (nSPS) is 12.1. The number of amides is 4. The lowest BCUT2D eigenvalue weighted by Gasteiger charge is -2.23. The molecule has 4 amide bonds. The maximum Gasteiger partial charge on any atom is 0.408 e. The zero-order chi connectivity index (χ0) is 25.5. The molecule has 0 aliphatic heterocycles. The molecular formula is C23H33BrN4O6. The maximum absolute atomic E-state index is 12.6. The monoisotopic (exact) mass is 540 g/mol. The lowest BCUT2D eigenvalue weighted by Crippen LogP contribution is -2.53. The number of hydrogen-bond acceptors (Lipinski definition) is 6. The highest BCUT2D eigenvalue weighted by atomic mass is 79.9. The van der Waals surface area contributed by atoms with Gasteiger partial charge in [-0.3, -0.25) is 9.59 Å². The van der Waals surface area contributed by atoms with E-state index in [4.69, 9.17) is 9.47 Å². The molecule has 0 saturated heterocycles. The van der Waals surface area contributed by atoms with Crippen molar-refractivity contribution in [3.63, 3.8) is 0 Å². The minimum atomic E-state index is -0.872. The summed E-state index contributed by atoms with van der Waals surface area (Å²) in [6.07, 6.45) is 0.983. The van der Waals surface area contributed by atoms with E-state index in [0.717, 1.165) is 17.3 Å². The van der Waals surface area contributed by atoms with Crippen molar-refractivity contribution < 1.29 is 28.7 Å². The van der Waals surface area contributed by atoms with Crippen molar-refractivity contribution in [3.8, 4) is 0 Å². The Balaban J connectivity index is 2.55. The Morgan fingerprint density at radius 2 is 1.68 bits per heavy atom. The predicted molar refractivity (Wildman–Crippen MR) is 133 cm³/mol. The van der Waals surface area contributed by atoms with Crippen LogP contribution in [0.25, 0.3) is 0 Å². The van der Waals surface area contributed by atoms with Crippen molar-refractivity contribution in [3.05, 3.63) is 42.5 Å². The number of anilines is 1. The van der Waals surface area contributed by atoms with Crippen LogP contribution in [0.15, 0.2) is 36.9 Å². The molecule has 10 nitrogen and oxygen atoms in total. The summed E-state index contributed by atoms with van der Waals surface area (Å²) in [5.41, 5.74) is 1.27. The van der Waals surface area contributed by atoms with Crippen molar-refractivity contribution in [2.75, 3.05) is 23.8 Å². The summed E-state index contributed by atoms with van der Waals surface area (Å²) >= 11 is 3.28. The van der Waals surface area contributed by atoms with E-state index in [1.807, 2.05) is 0 Å². The molecule has 2 atom stereocenters. The van der Waals surface area contributed by atoms with Crippen LogP contribution in [0.4, 0.5) is 15.3 Å². The fourth-order valence-corrected chi connectivity index (χ4v) is 2.88. The molecule has 0 aliphatic carbocycles. The molecule has 0 aliphatic rings. The minimum absolute atomic E-state index is 0.0204. The highest BCUT2D eigenvalue weighted by molar-refractivity contribution is 9.09. The van der Waals surface area contributed by atoms with E-state index in [1.165, 1.54) is 13.0 Å². The highest BCUT2D eigenvalue weighted by Gasteiger charge is 2.27. The molecule has 0 spiro atoms. The second-order valence-corrected chi connectivity index (χ2v) is 8.51. The lowest BCUT2D eigenvalue weighted by molar-refractivity contribution is -0.128. The summed E-state index contributed by atoms with van der Waals surface area (Å²) in [7, 11) is 0. The fourth-order valence-electron chi connectivity index (χ4n) is 2.60. The molecule has 0 heterocycles. The Morgan fingerprint density at radius 3 is 2.26 bits per heavy atom. The SMILES string of the molecule is C=CCOC(=O)N[C@H](C(=O)N[C@@H](C)C(=O)Nc1ccc(COC(=O)NCCCBr)cc1)C(C)C. The summed E-state index contributed by atoms with van der Waals surface area (Å²) in [6, 6.07) is 5.05. The van der Waals surface area contributed by atoms with Crippen molar-refractivity contribution in [1.82, 2.24) is 16.0 Å². The molecule has 0 saturated carbocycles. The van der Waals surface area contributed by atoms with Gasteiger partial charge in [-0.2, -0.15) is 0 Å². The third-order valence-electron chi connectivity index (χ3n) is 4.48. The zero-order valence-electron chi connectivity index (χ0n) is 19.7. The van der Waals surface area contributed by atoms with Gasteiger partial charge in [-0.05, 0) is 37.0 Å². The first-order valence-corrected chi connectivity index (χ1v) is 12.0. The van der Waals surface area contributed by atoms with Crippen LogP contribution in [0.1, 0.15) is 32.8 Å². The number of carbonyl (C=O) groups excluding carboxylic acids is 4. The molecule has 11 heteroatoms. The van der Waals surface area contributed by atoms with E-state index >= 15 is 0 Å². The standard InChI is InChI=1S/C23H33BrN4O6/c1-5-13-33-23(32)28-19(15(2)3)21(30)26-16(4)20(29)27-18-9-7-17(8-10-18)14-34-22(31)25-12-6-11-24/h5,7-10,15-16,19H,1,6,11-14H2,2-4H3,(H,25,31)(H,26,30)(H,27,29)(H,28,32)/t16-,19-/m0/s1. The molecule has 34 heavy (non-hydrogen) atoms. The van der Waals surface area contributed by atoms with Crippen LogP contribution in [0.3, 0.4) is 0 Å². The Morgan fingerprint density at radius 1 is 1.00 bits per heavy atom. The van der Waals surface area contributed by atoms with Crippen LogP contribution in [0.2, 0.25) is 0 Å². The first-order valence-electron chi connectivity index (χ1n) is 10.9. The largest absolute Gasteiger partial charge is 0.445 e. The van der Waals surface area contributed by atoms with Gasteiger partial charge in [-0.15, -0.1) is 0 Å². The molecule has 0 unspecified atom stereocenters. The number of alkyl carbamates (subject to hydrolysis) is 2. The molecule has 188 valence electrons. The van der Waals surface area contributed by atoms with Crippen LogP contribution in [0.5, 0.6) is 0 Å². The second kappa shape index (κ2) is 15.7. The number of ether oxygens (including phenoxy) is 2. The van der Waals surface area contributed by atoms with Gasteiger partial charge in [0.2, 0.25) is 11.8 Å². The molecule has 0 bridgehead atoms. The summed E-state index contributed by atoms with van der Waals surface area (Å²) in [5, 5.41) is 11.2. The number of benzene rings is 1. The third kappa shape index (κ3) is 11.2. The van der Waals surface area contributed by atoms with Gasteiger partial charge in [-0.1, -0.05) is 54.6 Å². The van der Waals surface area contributed by atoms with Gasteiger partial charge < -0.3 is 30.7 Å². The van der Waals surface area contributed by atoms with Crippen LogP contribution < -0.4 is 21.3 Å². The van der Waals surface area contributed by atoms with Gasteiger partial charge in [0.25, 0.3) is 0 Å². The first kappa shape index (κ1) is 29.0. The van der Waals surface area contributed by atoms with Gasteiger partial charge in [0.15, 0.2) is 0 Å². The van der Waals surface area contributed by atoms with E-state index < -0.39 is 36.1 Å². The number of alkyl halides is 1. The Labute approximate surface area is 208 Å². The molecule has 0 aromatic heterocycles. The number of rotatable bonds is 13. The molecule has 1 aromatic carbocycles. The molecule has 0 radical (unpaired) electrons. The predicted octanol–water partition coefficient (Wildman–Crippen LogP) is 3.08. The van der Waals surface area contributed by atoms with E-state index in [2.05, 4.69) is 43.8 Å². The summed E-state index contributed by atoms with van der Waals surface area (Å²) in [5.74, 6) is -1.16. The topological polar surface area (TPSA) is 135 Å². The van der Waals surface area contributed by atoms with Gasteiger partial charge in [-0.25, -0.2) is 9.59 Å². The summed E-state index contributed by atoms with van der Waals surface area (Å²) in [4.78, 5) is 48.5. The fraction of sp³-hybridized carbons (Fsp3) is 0.478. The van der Waals surface area contributed by atoms with Crippen molar-refractivity contribution in [2.45, 2.75) is 45.9 Å².